The molecule has 0 bridgehead atoms. The van der Waals surface area contributed by atoms with Crippen molar-refractivity contribution in [1.29, 1.82) is 0 Å². The van der Waals surface area contributed by atoms with Crippen molar-refractivity contribution in [3.63, 3.8) is 0 Å². The molecule has 2 aromatic rings. The first kappa shape index (κ1) is 13.9. The number of carboxylic acid groups (broad SMARTS) is 1. The Bertz CT molecular complexity index is 598. The minimum Gasteiger partial charge on any atom is -0.475 e. The van der Waals surface area contributed by atoms with Crippen LogP contribution >= 0.6 is 0 Å². The van der Waals surface area contributed by atoms with E-state index in [2.05, 4.69) is 6.92 Å². The quantitative estimate of drug-likeness (QED) is 0.663. The SMILES string of the molecule is CCc1ccc(OC(=Cc2ccccc2)C(=O)O)cc1. The molecule has 102 valence electrons. The second-order valence-corrected chi connectivity index (χ2v) is 4.32. The Morgan fingerprint density at radius 3 is 2.30 bits per heavy atom. The average molecular weight is 268 g/mol. The first-order valence-corrected chi connectivity index (χ1v) is 6.46. The van der Waals surface area contributed by atoms with Crippen LogP contribution in [0.15, 0.2) is 60.4 Å². The molecule has 3 nitrogen and oxygen atoms in total. The molecule has 0 unspecified atom stereocenters. The van der Waals surface area contributed by atoms with Crippen LogP contribution in [0.2, 0.25) is 0 Å². The van der Waals surface area contributed by atoms with Gasteiger partial charge in [0.2, 0.25) is 5.76 Å². The molecule has 20 heavy (non-hydrogen) atoms. The largest absolute Gasteiger partial charge is 0.475 e. The lowest BCUT2D eigenvalue weighted by Crippen LogP contribution is -2.07. The van der Waals surface area contributed by atoms with Crippen LogP contribution in [0.1, 0.15) is 18.1 Å². The summed E-state index contributed by atoms with van der Waals surface area (Å²) in [7, 11) is 0. The Balaban J connectivity index is 2.21. The Morgan fingerprint density at radius 1 is 1.10 bits per heavy atom. The molecule has 0 aliphatic heterocycles. The molecule has 0 spiro atoms. The summed E-state index contributed by atoms with van der Waals surface area (Å²) in [5.41, 5.74) is 1.97. The molecular weight excluding hydrogens is 252 g/mol. The maximum absolute atomic E-state index is 11.2. The lowest BCUT2D eigenvalue weighted by atomic mass is 10.2. The standard InChI is InChI=1S/C17H16O3/c1-2-13-8-10-15(11-9-13)20-16(17(18)19)12-14-6-4-3-5-7-14/h3-12H,2H2,1H3,(H,18,19). The zero-order valence-corrected chi connectivity index (χ0v) is 11.2. The molecule has 0 saturated heterocycles. The van der Waals surface area contributed by atoms with E-state index in [0.717, 1.165) is 12.0 Å². The lowest BCUT2D eigenvalue weighted by Gasteiger charge is -2.07. The highest BCUT2D eigenvalue weighted by Crippen LogP contribution is 2.17. The summed E-state index contributed by atoms with van der Waals surface area (Å²) in [6, 6.07) is 16.6. The van der Waals surface area contributed by atoms with Gasteiger partial charge in [-0.15, -0.1) is 0 Å². The van der Waals surface area contributed by atoms with E-state index in [9.17, 15) is 9.90 Å². The molecule has 0 heterocycles. The monoisotopic (exact) mass is 268 g/mol. The summed E-state index contributed by atoms with van der Waals surface area (Å²) in [6.45, 7) is 2.06. The van der Waals surface area contributed by atoms with E-state index in [-0.39, 0.29) is 5.76 Å². The van der Waals surface area contributed by atoms with E-state index in [1.54, 1.807) is 12.1 Å². The molecular formula is C17H16O3. The van der Waals surface area contributed by atoms with E-state index >= 15 is 0 Å². The molecule has 2 aromatic carbocycles. The van der Waals surface area contributed by atoms with Gasteiger partial charge in [-0.1, -0.05) is 49.4 Å². The first-order valence-electron chi connectivity index (χ1n) is 6.46. The van der Waals surface area contributed by atoms with Crippen molar-refractivity contribution < 1.29 is 14.6 Å². The predicted molar refractivity (Wildman–Crippen MR) is 78.5 cm³/mol. The zero-order valence-electron chi connectivity index (χ0n) is 11.2. The number of ether oxygens (including phenoxy) is 1. The van der Waals surface area contributed by atoms with Crippen molar-refractivity contribution in [2.45, 2.75) is 13.3 Å². The maximum atomic E-state index is 11.2. The summed E-state index contributed by atoms with van der Waals surface area (Å²) < 4.78 is 5.44. The molecule has 1 N–H and O–H groups in total. The molecule has 0 saturated carbocycles. The fraction of sp³-hybridized carbons (Fsp3) is 0.118. The highest BCUT2D eigenvalue weighted by atomic mass is 16.5. The molecule has 0 radical (unpaired) electrons. The average Bonchev–Trinajstić information content (AvgIpc) is 2.48. The number of rotatable bonds is 5. The van der Waals surface area contributed by atoms with Gasteiger partial charge >= 0.3 is 5.97 Å². The third-order valence-electron chi connectivity index (χ3n) is 2.87. The van der Waals surface area contributed by atoms with Crippen molar-refractivity contribution in [3.05, 3.63) is 71.5 Å². The number of hydrogen-bond acceptors (Lipinski definition) is 2. The Hall–Kier alpha value is -2.55. The molecule has 0 aliphatic rings. The van der Waals surface area contributed by atoms with Gasteiger partial charge in [0, 0.05) is 0 Å². The second kappa shape index (κ2) is 6.57. The van der Waals surface area contributed by atoms with Gasteiger partial charge in [0.05, 0.1) is 0 Å². The number of aryl methyl sites for hydroxylation is 1. The van der Waals surface area contributed by atoms with Crippen LogP contribution in [-0.4, -0.2) is 11.1 Å². The summed E-state index contributed by atoms with van der Waals surface area (Å²) in [4.78, 5) is 11.2. The molecule has 0 amide bonds. The third kappa shape index (κ3) is 3.72. The van der Waals surface area contributed by atoms with E-state index in [0.29, 0.717) is 5.75 Å². The number of benzene rings is 2. The van der Waals surface area contributed by atoms with Crippen LogP contribution in [0.25, 0.3) is 6.08 Å². The molecule has 3 heteroatoms. The van der Waals surface area contributed by atoms with Crippen LogP contribution in [0.4, 0.5) is 0 Å². The maximum Gasteiger partial charge on any atom is 0.371 e. The van der Waals surface area contributed by atoms with Crippen molar-refractivity contribution >= 4 is 12.0 Å². The van der Waals surface area contributed by atoms with Gasteiger partial charge in [-0.25, -0.2) is 4.79 Å². The molecule has 0 aromatic heterocycles. The fourth-order valence-corrected chi connectivity index (χ4v) is 1.76. The van der Waals surface area contributed by atoms with E-state index in [1.165, 1.54) is 11.6 Å². The van der Waals surface area contributed by atoms with E-state index < -0.39 is 5.97 Å². The summed E-state index contributed by atoms with van der Waals surface area (Å²) in [5, 5.41) is 9.20. The van der Waals surface area contributed by atoms with Crippen LogP contribution in [0.5, 0.6) is 5.75 Å². The van der Waals surface area contributed by atoms with Gasteiger partial charge < -0.3 is 9.84 Å². The Morgan fingerprint density at radius 2 is 1.75 bits per heavy atom. The van der Waals surface area contributed by atoms with Gasteiger partial charge in [0.25, 0.3) is 0 Å². The van der Waals surface area contributed by atoms with Crippen molar-refractivity contribution in [3.8, 4) is 5.75 Å². The summed E-state index contributed by atoms with van der Waals surface area (Å²) in [5.74, 6) is -0.666. The molecule has 0 fully saturated rings. The molecule has 0 aliphatic carbocycles. The third-order valence-corrected chi connectivity index (χ3v) is 2.87. The van der Waals surface area contributed by atoms with Crippen LogP contribution in [-0.2, 0) is 11.2 Å². The second-order valence-electron chi connectivity index (χ2n) is 4.32. The van der Waals surface area contributed by atoms with Crippen molar-refractivity contribution in [1.82, 2.24) is 0 Å². The Labute approximate surface area is 118 Å². The minimum absolute atomic E-state index is 0.0968. The zero-order chi connectivity index (χ0) is 14.4. The van der Waals surface area contributed by atoms with E-state index in [4.69, 9.17) is 4.74 Å². The van der Waals surface area contributed by atoms with Crippen LogP contribution in [0, 0.1) is 0 Å². The number of carbonyl (C=O) groups is 1. The highest BCUT2D eigenvalue weighted by Gasteiger charge is 2.10. The summed E-state index contributed by atoms with van der Waals surface area (Å²) in [6.07, 6.45) is 2.45. The predicted octanol–water partition coefficient (Wildman–Crippen LogP) is 3.75. The Kier molecular flexibility index (Phi) is 4.56. The highest BCUT2D eigenvalue weighted by molar-refractivity contribution is 5.90. The van der Waals surface area contributed by atoms with Crippen molar-refractivity contribution in [2.24, 2.45) is 0 Å². The normalized spacial score (nSPS) is 11.2. The van der Waals surface area contributed by atoms with Crippen LogP contribution < -0.4 is 4.74 Å². The molecule has 0 atom stereocenters. The van der Waals surface area contributed by atoms with Gasteiger partial charge in [0.15, 0.2) is 0 Å². The topological polar surface area (TPSA) is 46.5 Å². The first-order chi connectivity index (χ1) is 9.69. The smallest absolute Gasteiger partial charge is 0.371 e. The minimum atomic E-state index is -1.09. The van der Waals surface area contributed by atoms with Crippen LogP contribution in [0.3, 0.4) is 0 Å². The van der Waals surface area contributed by atoms with Gasteiger partial charge in [-0.05, 0) is 35.8 Å². The molecule has 2 rings (SSSR count). The van der Waals surface area contributed by atoms with Crippen molar-refractivity contribution in [2.75, 3.05) is 0 Å². The number of hydrogen-bond donors (Lipinski definition) is 1. The van der Waals surface area contributed by atoms with Gasteiger partial charge in [-0.3, -0.25) is 0 Å². The lowest BCUT2D eigenvalue weighted by molar-refractivity contribution is -0.134. The van der Waals surface area contributed by atoms with Gasteiger partial charge in [0.1, 0.15) is 5.75 Å². The number of aliphatic carboxylic acids is 1. The fourth-order valence-electron chi connectivity index (χ4n) is 1.76. The summed E-state index contributed by atoms with van der Waals surface area (Å²) >= 11 is 0. The van der Waals surface area contributed by atoms with Gasteiger partial charge in [-0.2, -0.15) is 0 Å². The number of carboxylic acids is 1. The van der Waals surface area contributed by atoms with E-state index in [1.807, 2.05) is 42.5 Å².